The van der Waals surface area contributed by atoms with Crippen molar-refractivity contribution < 1.29 is 27.5 Å². The summed E-state index contributed by atoms with van der Waals surface area (Å²) in [6.45, 7) is 2.03. The minimum Gasteiger partial charge on any atom is -0.374 e. The lowest BCUT2D eigenvalue weighted by atomic mass is 10.2. The first-order valence-electron chi connectivity index (χ1n) is 7.56. The molecule has 140 valence electrons. The van der Waals surface area contributed by atoms with Crippen LogP contribution in [0.5, 0.6) is 0 Å². The SMILES string of the molecule is COC(CNC(=O)C(=O)Nc1ccc(C(F)(F)F)cc1)c1ccc(C)s1. The fraction of sp³-hybridized carbons (Fsp3) is 0.294. The van der Waals surface area contributed by atoms with Crippen molar-refractivity contribution in [1.29, 1.82) is 0 Å². The van der Waals surface area contributed by atoms with Crippen LogP contribution in [0.1, 0.15) is 21.4 Å². The number of nitrogens with one attached hydrogen (secondary N) is 2. The van der Waals surface area contributed by atoms with Gasteiger partial charge in [0.15, 0.2) is 0 Å². The second kappa shape index (κ2) is 8.33. The van der Waals surface area contributed by atoms with Gasteiger partial charge in [0.2, 0.25) is 0 Å². The average molecular weight is 386 g/mol. The molecular formula is C17H17F3N2O3S. The van der Waals surface area contributed by atoms with E-state index in [1.165, 1.54) is 18.4 Å². The molecule has 2 amide bonds. The van der Waals surface area contributed by atoms with Gasteiger partial charge in [0.25, 0.3) is 0 Å². The van der Waals surface area contributed by atoms with Crippen molar-refractivity contribution in [1.82, 2.24) is 5.32 Å². The van der Waals surface area contributed by atoms with Gasteiger partial charge in [-0.2, -0.15) is 13.2 Å². The quantitative estimate of drug-likeness (QED) is 0.773. The van der Waals surface area contributed by atoms with E-state index in [4.69, 9.17) is 4.74 Å². The molecule has 2 rings (SSSR count). The van der Waals surface area contributed by atoms with Crippen molar-refractivity contribution in [2.24, 2.45) is 0 Å². The molecule has 0 aliphatic carbocycles. The van der Waals surface area contributed by atoms with Crippen LogP contribution in [-0.2, 0) is 20.5 Å². The highest BCUT2D eigenvalue weighted by Crippen LogP contribution is 2.29. The molecule has 9 heteroatoms. The second-order valence-electron chi connectivity index (χ2n) is 5.41. The summed E-state index contributed by atoms with van der Waals surface area (Å²) >= 11 is 1.52. The van der Waals surface area contributed by atoms with Gasteiger partial charge in [0.05, 0.1) is 5.56 Å². The third kappa shape index (κ3) is 5.30. The van der Waals surface area contributed by atoms with Crippen LogP contribution in [0.3, 0.4) is 0 Å². The number of ether oxygens (including phenoxy) is 1. The molecule has 1 aromatic heterocycles. The lowest BCUT2D eigenvalue weighted by molar-refractivity contribution is -0.137. The van der Waals surface area contributed by atoms with Crippen LogP contribution in [0, 0.1) is 6.92 Å². The van der Waals surface area contributed by atoms with E-state index in [2.05, 4.69) is 10.6 Å². The van der Waals surface area contributed by atoms with Crippen LogP contribution in [0.15, 0.2) is 36.4 Å². The molecule has 0 fully saturated rings. The maximum atomic E-state index is 12.5. The van der Waals surface area contributed by atoms with Gasteiger partial charge >= 0.3 is 18.0 Å². The van der Waals surface area contributed by atoms with Gasteiger partial charge in [0, 0.05) is 29.1 Å². The van der Waals surface area contributed by atoms with Crippen molar-refractivity contribution >= 4 is 28.8 Å². The topological polar surface area (TPSA) is 67.4 Å². The predicted octanol–water partition coefficient (Wildman–Crippen LogP) is 3.52. The molecule has 2 N–H and O–H groups in total. The Morgan fingerprint density at radius 2 is 1.77 bits per heavy atom. The van der Waals surface area contributed by atoms with Crippen LogP contribution in [0.25, 0.3) is 0 Å². The molecule has 1 unspecified atom stereocenters. The zero-order valence-electron chi connectivity index (χ0n) is 14.0. The zero-order valence-corrected chi connectivity index (χ0v) is 14.8. The minimum atomic E-state index is -4.46. The summed E-state index contributed by atoms with van der Waals surface area (Å²) in [4.78, 5) is 25.7. The summed E-state index contributed by atoms with van der Waals surface area (Å²) in [5.41, 5.74) is -0.746. The molecule has 0 bridgehead atoms. The Bertz CT molecular complexity index is 772. The molecule has 0 radical (unpaired) electrons. The number of benzene rings is 1. The number of rotatable bonds is 5. The highest BCUT2D eigenvalue weighted by molar-refractivity contribution is 7.12. The Morgan fingerprint density at radius 1 is 1.12 bits per heavy atom. The number of amides is 2. The van der Waals surface area contributed by atoms with E-state index in [0.717, 1.165) is 34.0 Å². The number of hydrogen-bond donors (Lipinski definition) is 2. The number of carbonyl (C=O) groups excluding carboxylic acids is 2. The highest BCUT2D eigenvalue weighted by atomic mass is 32.1. The standard InChI is InChI=1S/C17H17F3N2O3S/c1-10-3-8-14(26-10)13(25-2)9-21-15(23)16(24)22-12-6-4-11(5-7-12)17(18,19)20/h3-8,13H,9H2,1-2H3,(H,21,23)(H,22,24). The summed E-state index contributed by atoms with van der Waals surface area (Å²) in [5, 5.41) is 4.70. The van der Waals surface area contributed by atoms with E-state index in [1.54, 1.807) is 0 Å². The highest BCUT2D eigenvalue weighted by Gasteiger charge is 2.30. The number of halogens is 3. The summed E-state index contributed by atoms with van der Waals surface area (Å²) in [7, 11) is 1.49. The smallest absolute Gasteiger partial charge is 0.374 e. The molecule has 2 aromatic rings. The number of aryl methyl sites for hydroxylation is 1. The van der Waals surface area contributed by atoms with Gasteiger partial charge in [-0.1, -0.05) is 0 Å². The Balaban J connectivity index is 1.90. The van der Waals surface area contributed by atoms with E-state index in [9.17, 15) is 22.8 Å². The van der Waals surface area contributed by atoms with Crippen LogP contribution in [0.4, 0.5) is 18.9 Å². The second-order valence-corrected chi connectivity index (χ2v) is 6.73. The number of alkyl halides is 3. The van der Waals surface area contributed by atoms with Crippen molar-refractivity contribution in [2.45, 2.75) is 19.2 Å². The lowest BCUT2D eigenvalue weighted by Gasteiger charge is -2.14. The molecule has 1 aromatic carbocycles. The first kappa shape index (κ1) is 19.9. The average Bonchev–Trinajstić information content (AvgIpc) is 3.01. The van der Waals surface area contributed by atoms with E-state index in [-0.39, 0.29) is 12.2 Å². The number of anilines is 1. The molecule has 0 spiro atoms. The maximum Gasteiger partial charge on any atom is 0.416 e. The fourth-order valence-corrected chi connectivity index (χ4v) is 3.08. The van der Waals surface area contributed by atoms with Gasteiger partial charge in [-0.05, 0) is 43.3 Å². The van der Waals surface area contributed by atoms with Gasteiger partial charge < -0.3 is 15.4 Å². The third-order valence-electron chi connectivity index (χ3n) is 3.49. The first-order valence-corrected chi connectivity index (χ1v) is 8.38. The summed E-state index contributed by atoms with van der Waals surface area (Å²) in [6, 6.07) is 7.62. The Hall–Kier alpha value is -2.39. The number of carbonyl (C=O) groups is 2. The molecule has 1 atom stereocenters. The van der Waals surface area contributed by atoms with Crippen LogP contribution >= 0.6 is 11.3 Å². The van der Waals surface area contributed by atoms with Gasteiger partial charge in [0.1, 0.15) is 6.10 Å². The maximum absolute atomic E-state index is 12.5. The summed E-state index contributed by atoms with van der Waals surface area (Å²) in [6.07, 6.45) is -4.86. The minimum absolute atomic E-state index is 0.0929. The lowest BCUT2D eigenvalue weighted by Crippen LogP contribution is -2.37. The molecule has 1 heterocycles. The molecule has 26 heavy (non-hydrogen) atoms. The van der Waals surface area contributed by atoms with E-state index in [0.29, 0.717) is 0 Å². The third-order valence-corrected chi connectivity index (χ3v) is 4.58. The van der Waals surface area contributed by atoms with Gasteiger partial charge in [-0.25, -0.2) is 0 Å². The predicted molar refractivity (Wildman–Crippen MR) is 91.9 cm³/mol. The Labute approximate surface area is 152 Å². The molecule has 0 saturated carbocycles. The van der Waals surface area contributed by atoms with Crippen molar-refractivity contribution in [3.05, 3.63) is 51.7 Å². The van der Waals surface area contributed by atoms with Gasteiger partial charge in [-0.3, -0.25) is 9.59 Å². The van der Waals surface area contributed by atoms with Gasteiger partial charge in [-0.15, -0.1) is 11.3 Å². The Kier molecular flexibility index (Phi) is 6.38. The first-order chi connectivity index (χ1) is 12.2. The summed E-state index contributed by atoms with van der Waals surface area (Å²) < 4.78 is 42.8. The van der Waals surface area contributed by atoms with Crippen molar-refractivity contribution in [3.8, 4) is 0 Å². The van der Waals surface area contributed by atoms with Crippen LogP contribution in [-0.4, -0.2) is 25.5 Å². The molecule has 5 nitrogen and oxygen atoms in total. The number of hydrogen-bond acceptors (Lipinski definition) is 4. The number of thiophene rings is 1. The zero-order chi connectivity index (χ0) is 19.3. The molecule has 0 aliphatic heterocycles. The van der Waals surface area contributed by atoms with Crippen LogP contribution < -0.4 is 10.6 Å². The van der Waals surface area contributed by atoms with Crippen molar-refractivity contribution in [2.75, 3.05) is 19.0 Å². The number of methoxy groups -OCH3 is 1. The van der Waals surface area contributed by atoms with Crippen molar-refractivity contribution in [3.63, 3.8) is 0 Å². The van der Waals surface area contributed by atoms with E-state index in [1.807, 2.05) is 19.1 Å². The largest absolute Gasteiger partial charge is 0.416 e. The molecule has 0 saturated heterocycles. The summed E-state index contributed by atoms with van der Waals surface area (Å²) in [5.74, 6) is -1.87. The monoisotopic (exact) mass is 386 g/mol. The van der Waals surface area contributed by atoms with E-state index >= 15 is 0 Å². The molecular weight excluding hydrogens is 369 g/mol. The molecule has 0 aliphatic rings. The Morgan fingerprint density at radius 3 is 2.27 bits per heavy atom. The normalized spacial score (nSPS) is 12.5. The fourth-order valence-electron chi connectivity index (χ4n) is 2.12. The van der Waals surface area contributed by atoms with E-state index < -0.39 is 29.7 Å². The van der Waals surface area contributed by atoms with Crippen LogP contribution in [0.2, 0.25) is 0 Å².